The van der Waals surface area contributed by atoms with Crippen LogP contribution in [-0.4, -0.2) is 74.9 Å². The lowest BCUT2D eigenvalue weighted by Crippen LogP contribution is -2.37. The van der Waals surface area contributed by atoms with Crippen molar-refractivity contribution in [1.29, 1.82) is 0 Å². The fraction of sp³-hybridized carbons (Fsp3) is 0.838. The monoisotopic (exact) mass is 1200 g/mol. The molecule has 0 heterocycles. The van der Waals surface area contributed by atoms with Gasteiger partial charge in [-0.25, -0.2) is 4.57 Å². The highest BCUT2D eigenvalue weighted by Crippen LogP contribution is 2.43. The third-order valence-electron chi connectivity index (χ3n) is 16.0. The Hall–Kier alpha value is -2.29. The molecule has 0 aromatic carbocycles. The Morgan fingerprint density at radius 1 is 0.381 bits per heavy atom. The van der Waals surface area contributed by atoms with E-state index in [1.54, 1.807) is 0 Å². The van der Waals surface area contributed by atoms with Crippen molar-refractivity contribution in [3.63, 3.8) is 0 Å². The van der Waals surface area contributed by atoms with Gasteiger partial charge in [0.15, 0.2) is 6.10 Å². The lowest BCUT2D eigenvalue weighted by molar-refractivity contribution is -0.870. The molecule has 9 nitrogen and oxygen atoms in total. The Morgan fingerprint density at radius 3 is 1.02 bits per heavy atom. The van der Waals surface area contributed by atoms with Crippen molar-refractivity contribution in [2.24, 2.45) is 0 Å². The Labute approximate surface area is 521 Å². The van der Waals surface area contributed by atoms with Crippen LogP contribution in [0.2, 0.25) is 0 Å². The van der Waals surface area contributed by atoms with Gasteiger partial charge in [-0.2, -0.15) is 0 Å². The standard InChI is InChI=1S/C74H138NO8P/c1-6-8-10-12-14-16-18-20-22-24-26-28-30-32-34-36-37-39-41-43-45-47-49-51-53-55-57-59-61-63-65-67-74(77)83-72(71-82-84(78,79)81-69-68-75(3,4)5)70-80-73(76)66-64-62-60-58-56-54-52-50-48-46-44-42-40-38-35-33-31-29-27-25-23-21-19-17-15-13-11-9-7-2/h8,10,14,16,20,22,25-28,72H,6-7,9,11-13,15,17-19,21,23-24,29-71H2,1-5H3/p+1/b10-8-,16-14-,22-20-,27-25-,28-26-. The molecule has 0 fully saturated rings. The van der Waals surface area contributed by atoms with Gasteiger partial charge < -0.3 is 18.9 Å². The lowest BCUT2D eigenvalue weighted by atomic mass is 10.0. The predicted octanol–water partition coefficient (Wildman–Crippen LogP) is 23.4. The van der Waals surface area contributed by atoms with Gasteiger partial charge in [0.25, 0.3) is 0 Å². The van der Waals surface area contributed by atoms with E-state index in [0.717, 1.165) is 57.8 Å². The number of phosphoric acid groups is 1. The molecule has 0 spiro atoms. The normalized spacial score (nSPS) is 13.5. The number of allylic oxidation sites excluding steroid dienone is 10. The Bertz CT molecular complexity index is 1600. The topological polar surface area (TPSA) is 108 Å². The molecule has 10 heteroatoms. The maximum absolute atomic E-state index is 12.9. The molecular weight excluding hydrogens is 1060 g/mol. The van der Waals surface area contributed by atoms with Crippen LogP contribution in [0.3, 0.4) is 0 Å². The van der Waals surface area contributed by atoms with Crippen LogP contribution in [0.15, 0.2) is 60.8 Å². The van der Waals surface area contributed by atoms with E-state index in [2.05, 4.69) is 74.6 Å². The van der Waals surface area contributed by atoms with Crippen molar-refractivity contribution in [3.05, 3.63) is 60.8 Å². The predicted molar refractivity (Wildman–Crippen MR) is 363 cm³/mol. The van der Waals surface area contributed by atoms with E-state index >= 15 is 0 Å². The molecule has 2 atom stereocenters. The SMILES string of the molecule is CC/C=C\C/C=C\C/C=C\C/C=C\CCCCCCCCCCCCCCCCCCCCC(=O)OC(COC(=O)CCCCCCCCCCCCCCCCCCC/C=C\CCCCCCCCCC)COP(=O)(O)OCC[N+](C)(C)C. The van der Waals surface area contributed by atoms with Crippen LogP contribution in [0.4, 0.5) is 0 Å². The summed E-state index contributed by atoms with van der Waals surface area (Å²) in [5.74, 6) is -0.779. The van der Waals surface area contributed by atoms with E-state index in [9.17, 15) is 19.0 Å². The summed E-state index contributed by atoms with van der Waals surface area (Å²) in [6, 6.07) is 0. The van der Waals surface area contributed by atoms with E-state index in [4.69, 9.17) is 18.5 Å². The highest BCUT2D eigenvalue weighted by atomic mass is 31.2. The van der Waals surface area contributed by atoms with Gasteiger partial charge in [0.2, 0.25) is 0 Å². The van der Waals surface area contributed by atoms with Crippen molar-refractivity contribution in [3.8, 4) is 0 Å². The number of carbonyl (C=O) groups is 2. The minimum Gasteiger partial charge on any atom is -0.462 e. The summed E-state index contributed by atoms with van der Waals surface area (Å²) in [5, 5.41) is 0. The van der Waals surface area contributed by atoms with E-state index in [0.29, 0.717) is 23.9 Å². The smallest absolute Gasteiger partial charge is 0.462 e. The summed E-state index contributed by atoms with van der Waals surface area (Å²) >= 11 is 0. The fourth-order valence-electron chi connectivity index (χ4n) is 10.5. The second kappa shape index (κ2) is 65.2. The summed E-state index contributed by atoms with van der Waals surface area (Å²) in [6.45, 7) is 4.38. The van der Waals surface area contributed by atoms with Gasteiger partial charge in [-0.3, -0.25) is 18.6 Å². The minimum atomic E-state index is -4.39. The van der Waals surface area contributed by atoms with Crippen LogP contribution in [0.5, 0.6) is 0 Å². The van der Waals surface area contributed by atoms with Gasteiger partial charge in [-0.15, -0.1) is 0 Å². The van der Waals surface area contributed by atoms with Gasteiger partial charge in [0.1, 0.15) is 19.8 Å². The van der Waals surface area contributed by atoms with E-state index < -0.39 is 26.5 Å². The zero-order valence-corrected chi connectivity index (χ0v) is 57.0. The number of rotatable bonds is 67. The van der Waals surface area contributed by atoms with Gasteiger partial charge >= 0.3 is 19.8 Å². The van der Waals surface area contributed by atoms with Crippen LogP contribution in [0.1, 0.15) is 348 Å². The van der Waals surface area contributed by atoms with Crippen LogP contribution in [-0.2, 0) is 32.7 Å². The number of ether oxygens (including phenoxy) is 2. The number of phosphoric ester groups is 1. The molecule has 0 aromatic rings. The highest BCUT2D eigenvalue weighted by molar-refractivity contribution is 7.47. The van der Waals surface area contributed by atoms with Gasteiger partial charge in [0.05, 0.1) is 27.7 Å². The minimum absolute atomic E-state index is 0.0331. The molecule has 2 unspecified atom stereocenters. The summed E-state index contributed by atoms with van der Waals surface area (Å²) in [5.41, 5.74) is 0. The van der Waals surface area contributed by atoms with Crippen molar-refractivity contribution in [2.45, 2.75) is 354 Å². The van der Waals surface area contributed by atoms with Crippen LogP contribution >= 0.6 is 7.82 Å². The second-order valence-electron chi connectivity index (χ2n) is 25.6. The van der Waals surface area contributed by atoms with Gasteiger partial charge in [0, 0.05) is 12.8 Å². The summed E-state index contributed by atoms with van der Waals surface area (Å²) in [6.07, 6.45) is 86.2. The first kappa shape index (κ1) is 81.7. The van der Waals surface area contributed by atoms with E-state index in [1.807, 2.05) is 21.1 Å². The Kier molecular flexibility index (Phi) is 63.4. The quantitative estimate of drug-likeness (QED) is 0.0211. The molecule has 0 saturated carbocycles. The fourth-order valence-corrected chi connectivity index (χ4v) is 11.3. The molecule has 0 aliphatic carbocycles. The van der Waals surface area contributed by atoms with Gasteiger partial charge in [-0.05, 0) is 77.0 Å². The number of hydrogen-bond donors (Lipinski definition) is 1. The number of nitrogens with zero attached hydrogens (tertiary/aromatic N) is 1. The number of quaternary nitrogens is 1. The number of esters is 2. The molecule has 0 radical (unpaired) electrons. The average molecular weight is 1200 g/mol. The molecule has 0 aliphatic rings. The Balaban J connectivity index is 3.99. The zero-order valence-electron chi connectivity index (χ0n) is 56.1. The first-order valence-electron chi connectivity index (χ1n) is 36.0. The first-order valence-corrected chi connectivity index (χ1v) is 37.5. The highest BCUT2D eigenvalue weighted by Gasteiger charge is 2.27. The van der Waals surface area contributed by atoms with Crippen molar-refractivity contribution in [1.82, 2.24) is 0 Å². The lowest BCUT2D eigenvalue weighted by Gasteiger charge is -2.24. The third kappa shape index (κ3) is 68.8. The average Bonchev–Trinajstić information content (AvgIpc) is 3.61. The van der Waals surface area contributed by atoms with Crippen LogP contribution < -0.4 is 0 Å². The maximum atomic E-state index is 12.9. The van der Waals surface area contributed by atoms with Crippen LogP contribution in [0, 0.1) is 0 Å². The third-order valence-corrected chi connectivity index (χ3v) is 17.0. The number of unbranched alkanes of at least 4 members (excludes halogenated alkanes) is 43. The van der Waals surface area contributed by atoms with Crippen LogP contribution in [0.25, 0.3) is 0 Å². The van der Waals surface area contributed by atoms with E-state index in [1.165, 1.54) is 257 Å². The Morgan fingerprint density at radius 2 is 0.679 bits per heavy atom. The first-order chi connectivity index (χ1) is 41.0. The maximum Gasteiger partial charge on any atom is 0.472 e. The molecule has 0 bridgehead atoms. The van der Waals surface area contributed by atoms with E-state index in [-0.39, 0.29) is 25.6 Å². The molecule has 492 valence electrons. The van der Waals surface area contributed by atoms with Crippen molar-refractivity contribution >= 4 is 19.8 Å². The van der Waals surface area contributed by atoms with Gasteiger partial charge in [-0.1, -0.05) is 319 Å². The molecule has 84 heavy (non-hydrogen) atoms. The summed E-state index contributed by atoms with van der Waals surface area (Å²) in [7, 11) is 1.49. The molecule has 0 rings (SSSR count). The molecule has 0 amide bonds. The van der Waals surface area contributed by atoms with Crippen molar-refractivity contribution < 1.29 is 42.1 Å². The number of carbonyl (C=O) groups excluding carboxylic acids is 2. The molecule has 0 aromatic heterocycles. The molecular formula is C74H139NO8P+. The largest absolute Gasteiger partial charge is 0.472 e. The summed E-state index contributed by atoms with van der Waals surface area (Å²) < 4.78 is 34.8. The van der Waals surface area contributed by atoms with Crippen molar-refractivity contribution in [2.75, 3.05) is 47.5 Å². The zero-order chi connectivity index (χ0) is 61.2. The number of likely N-dealkylation sites (N-methyl/N-ethyl adjacent to an activating group) is 1. The molecule has 0 saturated heterocycles. The molecule has 0 aliphatic heterocycles. The second-order valence-corrected chi connectivity index (χ2v) is 27.0. The number of hydrogen-bond acceptors (Lipinski definition) is 7. The summed E-state index contributed by atoms with van der Waals surface area (Å²) in [4.78, 5) is 35.9. The molecule has 1 N–H and O–H groups in total.